The van der Waals surface area contributed by atoms with Gasteiger partial charge in [-0.15, -0.1) is 0 Å². The molecule has 0 aliphatic carbocycles. The van der Waals surface area contributed by atoms with Crippen LogP contribution < -0.4 is 5.32 Å². The van der Waals surface area contributed by atoms with Crippen molar-refractivity contribution in [2.45, 2.75) is 54.0 Å². The third-order valence-electron chi connectivity index (χ3n) is 3.95. The number of hydrogen-bond acceptors (Lipinski definition) is 1. The molecule has 0 bridgehead atoms. The SMILES string of the molecule is C=C(C)c1cccc(C(C)(C)NC(=O)N(CC(C)C)CC(C)C)c1. The predicted octanol–water partition coefficient (Wildman–Crippen LogP) is 5.28. The Morgan fingerprint density at radius 1 is 1.17 bits per heavy atom. The molecule has 0 atom stereocenters. The molecule has 2 amide bonds. The molecule has 3 heteroatoms. The molecule has 0 fully saturated rings. The molecule has 1 aromatic carbocycles. The summed E-state index contributed by atoms with van der Waals surface area (Å²) in [4.78, 5) is 14.7. The van der Waals surface area contributed by atoms with Crippen LogP contribution in [-0.4, -0.2) is 24.0 Å². The third kappa shape index (κ3) is 6.03. The molecule has 0 heterocycles. The van der Waals surface area contributed by atoms with Crippen molar-refractivity contribution in [3.8, 4) is 0 Å². The molecule has 1 rings (SSSR count). The van der Waals surface area contributed by atoms with Crippen LogP contribution in [0.5, 0.6) is 0 Å². The maximum absolute atomic E-state index is 12.8. The van der Waals surface area contributed by atoms with Crippen molar-refractivity contribution >= 4 is 11.6 Å². The first-order chi connectivity index (χ1) is 11.0. The fourth-order valence-corrected chi connectivity index (χ4v) is 2.71. The number of nitrogens with one attached hydrogen (secondary N) is 1. The summed E-state index contributed by atoms with van der Waals surface area (Å²) >= 11 is 0. The fourth-order valence-electron chi connectivity index (χ4n) is 2.71. The van der Waals surface area contributed by atoms with E-state index in [-0.39, 0.29) is 6.03 Å². The van der Waals surface area contributed by atoms with Gasteiger partial charge in [-0.3, -0.25) is 0 Å². The van der Waals surface area contributed by atoms with Gasteiger partial charge in [-0.1, -0.05) is 58.0 Å². The van der Waals surface area contributed by atoms with E-state index in [1.165, 1.54) is 0 Å². The zero-order valence-corrected chi connectivity index (χ0v) is 16.4. The number of carbonyl (C=O) groups excluding carboxylic acids is 1. The molecule has 0 saturated heterocycles. The quantitative estimate of drug-likeness (QED) is 0.725. The Morgan fingerprint density at radius 3 is 2.17 bits per heavy atom. The van der Waals surface area contributed by atoms with Gasteiger partial charge >= 0.3 is 6.03 Å². The summed E-state index contributed by atoms with van der Waals surface area (Å²) in [6.45, 7) is 20.2. The summed E-state index contributed by atoms with van der Waals surface area (Å²) in [5.41, 5.74) is 2.79. The van der Waals surface area contributed by atoms with Crippen LogP contribution in [0.2, 0.25) is 0 Å². The van der Waals surface area contributed by atoms with E-state index in [1.54, 1.807) is 0 Å². The molecule has 0 aliphatic rings. The Morgan fingerprint density at radius 2 is 1.71 bits per heavy atom. The van der Waals surface area contributed by atoms with E-state index in [1.807, 2.05) is 37.8 Å². The molecule has 3 nitrogen and oxygen atoms in total. The van der Waals surface area contributed by atoms with Gasteiger partial charge in [0, 0.05) is 13.1 Å². The number of hydrogen-bond donors (Lipinski definition) is 1. The minimum atomic E-state index is -0.436. The van der Waals surface area contributed by atoms with Crippen LogP contribution in [0.25, 0.3) is 5.57 Å². The van der Waals surface area contributed by atoms with Crippen LogP contribution in [0.3, 0.4) is 0 Å². The molecule has 0 aromatic heterocycles. The van der Waals surface area contributed by atoms with Gasteiger partial charge in [-0.25, -0.2) is 4.79 Å². The summed E-state index contributed by atoms with van der Waals surface area (Å²) in [7, 11) is 0. The van der Waals surface area contributed by atoms with Crippen molar-refractivity contribution in [2.75, 3.05) is 13.1 Å². The molecule has 0 radical (unpaired) electrons. The van der Waals surface area contributed by atoms with Crippen LogP contribution in [0.4, 0.5) is 4.79 Å². The largest absolute Gasteiger partial charge is 0.329 e. The average molecular weight is 331 g/mol. The first-order valence-corrected chi connectivity index (χ1v) is 8.86. The van der Waals surface area contributed by atoms with Crippen LogP contribution in [0, 0.1) is 11.8 Å². The maximum Gasteiger partial charge on any atom is 0.318 e. The highest BCUT2D eigenvalue weighted by Gasteiger charge is 2.26. The van der Waals surface area contributed by atoms with Crippen LogP contribution in [0.1, 0.15) is 59.6 Å². The van der Waals surface area contributed by atoms with Gasteiger partial charge in [0.25, 0.3) is 0 Å². The lowest BCUT2D eigenvalue weighted by molar-refractivity contribution is 0.173. The third-order valence-corrected chi connectivity index (χ3v) is 3.95. The first kappa shape index (κ1) is 20.3. The molecule has 134 valence electrons. The number of nitrogens with zero attached hydrogens (tertiary/aromatic N) is 1. The topological polar surface area (TPSA) is 32.3 Å². The fraction of sp³-hybridized carbons (Fsp3) is 0.571. The minimum absolute atomic E-state index is 0.00290. The van der Waals surface area contributed by atoms with Crippen LogP contribution in [0.15, 0.2) is 30.8 Å². The van der Waals surface area contributed by atoms with Crippen molar-refractivity contribution in [3.63, 3.8) is 0 Å². The second-order valence-corrected chi connectivity index (χ2v) is 8.11. The minimum Gasteiger partial charge on any atom is -0.329 e. The zero-order valence-electron chi connectivity index (χ0n) is 16.4. The molecule has 0 aliphatic heterocycles. The summed E-state index contributed by atoms with van der Waals surface area (Å²) in [6, 6.07) is 8.24. The summed E-state index contributed by atoms with van der Waals surface area (Å²) in [5, 5.41) is 3.21. The van der Waals surface area contributed by atoms with Gasteiger partial charge in [-0.2, -0.15) is 0 Å². The van der Waals surface area contributed by atoms with E-state index >= 15 is 0 Å². The molecular weight excluding hydrogens is 296 g/mol. The van der Waals surface area contributed by atoms with Gasteiger partial charge in [0.1, 0.15) is 0 Å². The van der Waals surface area contributed by atoms with Crippen molar-refractivity contribution in [3.05, 3.63) is 42.0 Å². The Kier molecular flexibility index (Phi) is 7.07. The number of amides is 2. The standard InChI is InChI=1S/C21H34N2O/c1-15(2)13-23(14-16(3)4)20(24)22-21(7,8)19-11-9-10-18(12-19)17(5)6/h9-12,15-16H,5,13-14H2,1-4,6-8H3,(H,22,24). The van der Waals surface area contributed by atoms with Crippen molar-refractivity contribution in [2.24, 2.45) is 11.8 Å². The second-order valence-electron chi connectivity index (χ2n) is 8.11. The van der Waals surface area contributed by atoms with E-state index in [9.17, 15) is 4.79 Å². The Bertz CT molecular complexity index is 563. The first-order valence-electron chi connectivity index (χ1n) is 8.86. The van der Waals surface area contributed by atoms with Crippen molar-refractivity contribution in [1.29, 1.82) is 0 Å². The summed E-state index contributed by atoms with van der Waals surface area (Å²) in [6.07, 6.45) is 0. The van der Waals surface area contributed by atoms with Crippen LogP contribution >= 0.6 is 0 Å². The van der Waals surface area contributed by atoms with Gasteiger partial charge in [-0.05, 0) is 49.8 Å². The number of allylic oxidation sites excluding steroid dienone is 1. The lowest BCUT2D eigenvalue weighted by Gasteiger charge is -2.33. The van der Waals surface area contributed by atoms with E-state index < -0.39 is 5.54 Å². The Labute approximate surface area is 148 Å². The molecule has 1 aromatic rings. The summed E-state index contributed by atoms with van der Waals surface area (Å²) in [5.74, 6) is 0.897. The van der Waals surface area contributed by atoms with E-state index in [0.717, 1.165) is 29.8 Å². The normalized spacial score (nSPS) is 11.7. The van der Waals surface area contributed by atoms with Gasteiger partial charge in [0.15, 0.2) is 0 Å². The monoisotopic (exact) mass is 330 g/mol. The highest BCUT2D eigenvalue weighted by molar-refractivity contribution is 5.75. The lowest BCUT2D eigenvalue weighted by Crippen LogP contribution is -2.50. The number of rotatable bonds is 7. The van der Waals surface area contributed by atoms with E-state index in [0.29, 0.717) is 11.8 Å². The van der Waals surface area contributed by atoms with Crippen molar-refractivity contribution in [1.82, 2.24) is 10.2 Å². The predicted molar refractivity (Wildman–Crippen MR) is 104 cm³/mol. The molecule has 0 spiro atoms. The Balaban J connectivity index is 2.95. The zero-order chi connectivity index (χ0) is 18.5. The molecule has 1 N–H and O–H groups in total. The molecule has 0 saturated carbocycles. The Hall–Kier alpha value is -1.77. The highest BCUT2D eigenvalue weighted by Crippen LogP contribution is 2.24. The smallest absolute Gasteiger partial charge is 0.318 e. The van der Waals surface area contributed by atoms with E-state index in [4.69, 9.17) is 0 Å². The van der Waals surface area contributed by atoms with Gasteiger partial charge in [0.05, 0.1) is 5.54 Å². The van der Waals surface area contributed by atoms with Gasteiger partial charge in [0.2, 0.25) is 0 Å². The lowest BCUT2D eigenvalue weighted by atomic mass is 9.92. The van der Waals surface area contributed by atoms with Gasteiger partial charge < -0.3 is 10.2 Å². The number of urea groups is 1. The summed E-state index contributed by atoms with van der Waals surface area (Å²) < 4.78 is 0. The molecule has 0 unspecified atom stereocenters. The maximum atomic E-state index is 12.8. The average Bonchev–Trinajstić information content (AvgIpc) is 2.45. The molecular formula is C21H34N2O. The second kappa shape index (κ2) is 8.36. The molecule has 24 heavy (non-hydrogen) atoms. The van der Waals surface area contributed by atoms with E-state index in [2.05, 4.69) is 51.7 Å². The number of carbonyl (C=O) groups is 1. The van der Waals surface area contributed by atoms with Crippen molar-refractivity contribution < 1.29 is 4.79 Å². The van der Waals surface area contributed by atoms with Crippen LogP contribution in [-0.2, 0) is 5.54 Å². The number of benzene rings is 1. The highest BCUT2D eigenvalue weighted by atomic mass is 16.2.